The van der Waals surface area contributed by atoms with Crippen LogP contribution in [0.15, 0.2) is 48.5 Å². The van der Waals surface area contributed by atoms with Gasteiger partial charge in [0.1, 0.15) is 0 Å². The van der Waals surface area contributed by atoms with E-state index in [1.54, 1.807) is 0 Å². The van der Waals surface area contributed by atoms with Gasteiger partial charge < -0.3 is 0 Å². The summed E-state index contributed by atoms with van der Waals surface area (Å²) in [5.41, 5.74) is 5.14. The first-order valence-corrected chi connectivity index (χ1v) is 13.0. The minimum Gasteiger partial charge on any atom is -0.119 e. The third-order valence-electron chi connectivity index (χ3n) is 7.96. The maximum Gasteiger partial charge on any atom is 0.0504 e. The monoisotopic (exact) mass is 458 g/mol. The molecule has 0 aromatic heterocycles. The van der Waals surface area contributed by atoms with Crippen molar-refractivity contribution in [1.29, 1.82) is 0 Å². The fourth-order valence-electron chi connectivity index (χ4n) is 5.46. The van der Waals surface area contributed by atoms with E-state index in [-0.39, 0.29) is 16.2 Å². The van der Waals surface area contributed by atoms with Crippen molar-refractivity contribution in [1.82, 2.24) is 0 Å². The highest BCUT2D eigenvalue weighted by atomic mass is 14.3. The lowest BCUT2D eigenvalue weighted by Gasteiger charge is -2.26. The SMILES string of the molecule is C#CC(C)(C)c1cc2cc(C(C)(C)C)cc3c4cc(CC)cc5cc(C(C)(C)C)cc(c(c1)c23)c54. The predicted molar refractivity (Wildman–Crippen MR) is 156 cm³/mol. The van der Waals surface area contributed by atoms with Gasteiger partial charge in [-0.2, -0.15) is 0 Å². The smallest absolute Gasteiger partial charge is 0.0504 e. The van der Waals surface area contributed by atoms with E-state index in [1.165, 1.54) is 65.3 Å². The van der Waals surface area contributed by atoms with Gasteiger partial charge in [0.15, 0.2) is 0 Å². The fraction of sp³-hybridized carbons (Fsp3) is 0.371. The molecule has 0 aliphatic carbocycles. The molecule has 0 aliphatic heterocycles. The molecule has 0 radical (unpaired) electrons. The Labute approximate surface area is 211 Å². The van der Waals surface area contributed by atoms with Gasteiger partial charge in [-0.05, 0) is 121 Å². The summed E-state index contributed by atoms with van der Waals surface area (Å²) in [6, 6.07) is 19.3. The van der Waals surface area contributed by atoms with Crippen molar-refractivity contribution in [2.24, 2.45) is 0 Å². The lowest BCUT2D eigenvalue weighted by atomic mass is 9.77. The van der Waals surface area contributed by atoms with Crippen LogP contribution in [0.2, 0.25) is 0 Å². The van der Waals surface area contributed by atoms with Crippen LogP contribution in [0.3, 0.4) is 0 Å². The Bertz CT molecular complexity index is 1650. The van der Waals surface area contributed by atoms with Gasteiger partial charge in [0, 0.05) is 0 Å². The molecule has 5 rings (SSSR count). The number of hydrogen-bond donors (Lipinski definition) is 0. The van der Waals surface area contributed by atoms with E-state index in [0.717, 1.165) is 6.42 Å². The molecular formula is C35H38. The minimum absolute atomic E-state index is 0.0559. The van der Waals surface area contributed by atoms with Gasteiger partial charge in [-0.25, -0.2) is 0 Å². The molecule has 0 unspecified atom stereocenters. The van der Waals surface area contributed by atoms with Gasteiger partial charge in [-0.15, -0.1) is 6.42 Å². The van der Waals surface area contributed by atoms with Crippen molar-refractivity contribution in [3.8, 4) is 12.3 Å². The van der Waals surface area contributed by atoms with Crippen LogP contribution in [0.1, 0.15) is 84.6 Å². The molecule has 178 valence electrons. The van der Waals surface area contributed by atoms with Gasteiger partial charge in [0.05, 0.1) is 5.41 Å². The Hall–Kier alpha value is -3.04. The van der Waals surface area contributed by atoms with Crippen molar-refractivity contribution in [3.63, 3.8) is 0 Å². The van der Waals surface area contributed by atoms with Crippen LogP contribution in [-0.4, -0.2) is 0 Å². The predicted octanol–water partition coefficient (Wildman–Crippen LogP) is 9.81. The van der Waals surface area contributed by atoms with Crippen LogP contribution >= 0.6 is 0 Å². The average Bonchev–Trinajstić information content (AvgIpc) is 2.79. The molecule has 35 heavy (non-hydrogen) atoms. The number of terminal acetylenes is 1. The Morgan fingerprint density at radius 1 is 0.571 bits per heavy atom. The molecule has 5 aromatic carbocycles. The summed E-state index contributed by atoms with van der Waals surface area (Å²) < 4.78 is 0. The Morgan fingerprint density at radius 2 is 0.971 bits per heavy atom. The van der Waals surface area contributed by atoms with Crippen molar-refractivity contribution < 1.29 is 0 Å². The number of rotatable bonds is 2. The average molecular weight is 459 g/mol. The topological polar surface area (TPSA) is 0 Å². The number of aryl methyl sites for hydroxylation is 1. The van der Waals surface area contributed by atoms with E-state index >= 15 is 0 Å². The molecule has 0 heteroatoms. The van der Waals surface area contributed by atoms with E-state index in [4.69, 9.17) is 6.42 Å². The minimum atomic E-state index is -0.338. The van der Waals surface area contributed by atoms with Gasteiger partial charge in [0.2, 0.25) is 0 Å². The van der Waals surface area contributed by atoms with Crippen LogP contribution in [0.4, 0.5) is 0 Å². The second-order valence-electron chi connectivity index (χ2n) is 13.0. The van der Waals surface area contributed by atoms with Crippen molar-refractivity contribution in [2.75, 3.05) is 0 Å². The third kappa shape index (κ3) is 3.68. The molecule has 0 atom stereocenters. The standard InChI is InChI=1S/C35H38/c1-11-21-13-22-15-24(33(3,4)5)19-29-30-20-26(35(9,10)12-2)17-23-16-25(34(6,7)8)18-28(32(23)30)27(14-21)31(22)29/h2,13-20H,11H2,1,3-10H3. The molecule has 0 fully saturated rings. The van der Waals surface area contributed by atoms with Gasteiger partial charge in [-0.1, -0.05) is 78.7 Å². The third-order valence-corrected chi connectivity index (χ3v) is 7.96. The van der Waals surface area contributed by atoms with E-state index in [2.05, 4.69) is 117 Å². The largest absolute Gasteiger partial charge is 0.119 e. The van der Waals surface area contributed by atoms with Crippen molar-refractivity contribution in [2.45, 2.75) is 85.0 Å². The first-order chi connectivity index (χ1) is 16.2. The summed E-state index contributed by atoms with van der Waals surface area (Å²) in [6.45, 7) is 20.4. The fourth-order valence-corrected chi connectivity index (χ4v) is 5.46. The molecule has 0 amide bonds. The molecule has 0 nitrogen and oxygen atoms in total. The molecule has 0 saturated carbocycles. The lowest BCUT2D eigenvalue weighted by molar-refractivity contribution is 0.591. The van der Waals surface area contributed by atoms with Crippen LogP contribution in [-0.2, 0) is 22.7 Å². The highest BCUT2D eigenvalue weighted by molar-refractivity contribution is 6.33. The number of benzene rings is 5. The Balaban J connectivity index is 2.13. The van der Waals surface area contributed by atoms with E-state index < -0.39 is 0 Å². The molecule has 0 bridgehead atoms. The Morgan fingerprint density at radius 3 is 1.40 bits per heavy atom. The second-order valence-corrected chi connectivity index (χ2v) is 13.0. The van der Waals surface area contributed by atoms with Crippen LogP contribution < -0.4 is 0 Å². The lowest BCUT2D eigenvalue weighted by Crippen LogP contribution is -2.14. The first-order valence-electron chi connectivity index (χ1n) is 13.0. The first kappa shape index (κ1) is 23.7. The van der Waals surface area contributed by atoms with E-state index in [1.807, 2.05) is 0 Å². The molecular weight excluding hydrogens is 420 g/mol. The van der Waals surface area contributed by atoms with E-state index in [9.17, 15) is 0 Å². The Kier molecular flexibility index (Phi) is 5.06. The van der Waals surface area contributed by atoms with Crippen LogP contribution in [0.5, 0.6) is 0 Å². The summed E-state index contributed by atoms with van der Waals surface area (Å²) in [7, 11) is 0. The molecule has 0 spiro atoms. The maximum absolute atomic E-state index is 6.03. The zero-order valence-corrected chi connectivity index (χ0v) is 22.9. The summed E-state index contributed by atoms with van der Waals surface area (Å²) in [4.78, 5) is 0. The zero-order valence-electron chi connectivity index (χ0n) is 22.9. The number of hydrogen-bond acceptors (Lipinski definition) is 0. The second kappa shape index (κ2) is 7.48. The summed E-state index contributed by atoms with van der Waals surface area (Å²) >= 11 is 0. The highest BCUT2D eigenvalue weighted by Gasteiger charge is 2.25. The summed E-state index contributed by atoms with van der Waals surface area (Å²) in [6.07, 6.45) is 7.06. The maximum atomic E-state index is 6.03. The van der Waals surface area contributed by atoms with Gasteiger partial charge in [0.25, 0.3) is 0 Å². The summed E-state index contributed by atoms with van der Waals surface area (Å²) in [5.74, 6) is 3.05. The van der Waals surface area contributed by atoms with Gasteiger partial charge >= 0.3 is 0 Å². The summed E-state index contributed by atoms with van der Waals surface area (Å²) in [5, 5.41) is 10.8. The van der Waals surface area contributed by atoms with Gasteiger partial charge in [-0.3, -0.25) is 0 Å². The van der Waals surface area contributed by atoms with E-state index in [0.29, 0.717) is 0 Å². The van der Waals surface area contributed by atoms with Crippen molar-refractivity contribution in [3.05, 3.63) is 70.8 Å². The van der Waals surface area contributed by atoms with Crippen molar-refractivity contribution >= 4 is 43.1 Å². The quantitative estimate of drug-likeness (QED) is 0.140. The number of fused-ring (bicyclic) bond motifs is 2. The molecule has 0 N–H and O–H groups in total. The molecule has 0 heterocycles. The van der Waals surface area contributed by atoms with Crippen LogP contribution in [0.25, 0.3) is 43.1 Å². The molecule has 5 aromatic rings. The molecule has 0 saturated heterocycles. The zero-order chi connectivity index (χ0) is 25.5. The van der Waals surface area contributed by atoms with Crippen LogP contribution in [0, 0.1) is 12.3 Å². The normalized spacial score (nSPS) is 13.4. The molecule has 0 aliphatic rings. The highest BCUT2D eigenvalue weighted by Crippen LogP contribution is 2.45.